The summed E-state index contributed by atoms with van der Waals surface area (Å²) in [6.07, 6.45) is 4.85. The SMILES string of the molecule is CC(C(=O)O)c1cccc(NC(=O)C2C3CCCCC32)c1. The van der Waals surface area contributed by atoms with Gasteiger partial charge in [0.15, 0.2) is 0 Å². The maximum Gasteiger partial charge on any atom is 0.310 e. The first-order chi connectivity index (χ1) is 10.1. The summed E-state index contributed by atoms with van der Waals surface area (Å²) in [6.45, 7) is 1.65. The highest BCUT2D eigenvalue weighted by atomic mass is 16.4. The Morgan fingerprint density at radius 3 is 2.52 bits per heavy atom. The predicted octanol–water partition coefficient (Wildman–Crippen LogP) is 3.25. The summed E-state index contributed by atoms with van der Waals surface area (Å²) in [5.41, 5.74) is 1.42. The average molecular weight is 287 g/mol. The molecule has 0 heterocycles. The number of carboxylic acids is 1. The Balaban J connectivity index is 1.66. The minimum atomic E-state index is -0.855. The van der Waals surface area contributed by atoms with Gasteiger partial charge in [-0.15, -0.1) is 0 Å². The third kappa shape index (κ3) is 2.80. The summed E-state index contributed by atoms with van der Waals surface area (Å²) in [5.74, 6) is 0.0249. The highest BCUT2D eigenvalue weighted by Crippen LogP contribution is 2.55. The number of anilines is 1. The van der Waals surface area contributed by atoms with Gasteiger partial charge >= 0.3 is 5.97 Å². The Labute approximate surface area is 124 Å². The number of hydrogen-bond donors (Lipinski definition) is 2. The van der Waals surface area contributed by atoms with Gasteiger partial charge in [0.05, 0.1) is 5.92 Å². The standard InChI is InChI=1S/C17H21NO3/c1-10(17(20)21)11-5-4-6-12(9-11)18-16(19)15-13-7-2-3-8-14(13)15/h4-6,9-10,13-15H,2-3,7-8H2,1H3,(H,18,19)(H,20,21). The van der Waals surface area contributed by atoms with Crippen LogP contribution in [-0.4, -0.2) is 17.0 Å². The third-order valence-corrected chi connectivity index (χ3v) is 4.98. The van der Waals surface area contributed by atoms with Crippen LogP contribution in [0.2, 0.25) is 0 Å². The van der Waals surface area contributed by atoms with E-state index in [4.69, 9.17) is 5.11 Å². The lowest BCUT2D eigenvalue weighted by Crippen LogP contribution is -2.16. The molecule has 0 bridgehead atoms. The number of rotatable bonds is 4. The van der Waals surface area contributed by atoms with Gasteiger partial charge in [0.2, 0.25) is 5.91 Å². The van der Waals surface area contributed by atoms with Gasteiger partial charge in [-0.3, -0.25) is 9.59 Å². The van der Waals surface area contributed by atoms with Crippen LogP contribution in [0.1, 0.15) is 44.1 Å². The number of benzene rings is 1. The molecule has 21 heavy (non-hydrogen) atoms. The normalized spacial score (nSPS) is 28.3. The molecule has 2 fully saturated rings. The molecule has 112 valence electrons. The first kappa shape index (κ1) is 14.1. The van der Waals surface area contributed by atoms with Crippen molar-refractivity contribution >= 4 is 17.6 Å². The van der Waals surface area contributed by atoms with E-state index in [2.05, 4.69) is 5.32 Å². The van der Waals surface area contributed by atoms with Crippen molar-refractivity contribution in [2.24, 2.45) is 17.8 Å². The predicted molar refractivity (Wildman–Crippen MR) is 80.1 cm³/mol. The maximum absolute atomic E-state index is 12.3. The molecule has 4 nitrogen and oxygen atoms in total. The van der Waals surface area contributed by atoms with Gasteiger partial charge in [0.25, 0.3) is 0 Å². The zero-order valence-corrected chi connectivity index (χ0v) is 12.2. The summed E-state index contributed by atoms with van der Waals surface area (Å²) in [5, 5.41) is 12.0. The Bertz CT molecular complexity index is 557. The lowest BCUT2D eigenvalue weighted by atomic mass is 10.0. The van der Waals surface area contributed by atoms with Crippen molar-refractivity contribution in [3.63, 3.8) is 0 Å². The zero-order chi connectivity index (χ0) is 15.0. The van der Waals surface area contributed by atoms with Gasteiger partial charge in [0.1, 0.15) is 0 Å². The number of carbonyl (C=O) groups excluding carboxylic acids is 1. The Morgan fingerprint density at radius 1 is 1.24 bits per heavy atom. The molecule has 0 radical (unpaired) electrons. The number of amides is 1. The van der Waals surface area contributed by atoms with E-state index in [9.17, 15) is 9.59 Å². The van der Waals surface area contributed by atoms with E-state index in [0.29, 0.717) is 23.1 Å². The molecule has 0 aromatic heterocycles. The van der Waals surface area contributed by atoms with Crippen LogP contribution < -0.4 is 5.32 Å². The van der Waals surface area contributed by atoms with E-state index in [1.54, 1.807) is 25.1 Å². The van der Waals surface area contributed by atoms with Gasteiger partial charge in [-0.25, -0.2) is 0 Å². The number of nitrogens with one attached hydrogen (secondary N) is 1. The summed E-state index contributed by atoms with van der Waals surface area (Å²) >= 11 is 0. The van der Waals surface area contributed by atoms with E-state index in [0.717, 1.165) is 0 Å². The molecule has 1 aromatic rings. The Morgan fingerprint density at radius 2 is 1.90 bits per heavy atom. The van der Waals surface area contributed by atoms with E-state index < -0.39 is 11.9 Å². The Hall–Kier alpha value is -1.84. The fraction of sp³-hybridized carbons (Fsp3) is 0.529. The second-order valence-corrected chi connectivity index (χ2v) is 6.31. The monoisotopic (exact) mass is 287 g/mol. The lowest BCUT2D eigenvalue weighted by molar-refractivity contribution is -0.138. The van der Waals surface area contributed by atoms with Crippen molar-refractivity contribution in [2.75, 3.05) is 5.32 Å². The van der Waals surface area contributed by atoms with E-state index in [-0.39, 0.29) is 11.8 Å². The topological polar surface area (TPSA) is 66.4 Å². The molecule has 4 heteroatoms. The number of fused-ring (bicyclic) bond motifs is 1. The van der Waals surface area contributed by atoms with Crippen molar-refractivity contribution in [1.82, 2.24) is 0 Å². The number of carbonyl (C=O) groups is 2. The number of aliphatic carboxylic acids is 1. The summed E-state index contributed by atoms with van der Waals surface area (Å²) in [6, 6.07) is 7.17. The molecule has 2 saturated carbocycles. The van der Waals surface area contributed by atoms with Gasteiger partial charge < -0.3 is 10.4 Å². The van der Waals surface area contributed by atoms with Crippen molar-refractivity contribution in [2.45, 2.75) is 38.5 Å². The molecule has 0 spiro atoms. The van der Waals surface area contributed by atoms with Crippen molar-refractivity contribution in [1.29, 1.82) is 0 Å². The van der Waals surface area contributed by atoms with Crippen LogP contribution in [0.15, 0.2) is 24.3 Å². The van der Waals surface area contributed by atoms with Crippen LogP contribution in [0, 0.1) is 17.8 Å². The second-order valence-electron chi connectivity index (χ2n) is 6.31. The molecule has 2 N–H and O–H groups in total. The minimum absolute atomic E-state index is 0.104. The summed E-state index contributed by atoms with van der Waals surface area (Å²) < 4.78 is 0. The maximum atomic E-state index is 12.3. The highest BCUT2D eigenvalue weighted by molar-refractivity contribution is 5.95. The van der Waals surface area contributed by atoms with Crippen LogP contribution in [0.4, 0.5) is 5.69 Å². The molecule has 1 amide bonds. The second kappa shape index (κ2) is 5.51. The summed E-state index contributed by atoms with van der Waals surface area (Å²) in [7, 11) is 0. The fourth-order valence-corrected chi connectivity index (χ4v) is 3.64. The van der Waals surface area contributed by atoms with Crippen molar-refractivity contribution in [3.05, 3.63) is 29.8 Å². The van der Waals surface area contributed by atoms with Crippen molar-refractivity contribution in [3.8, 4) is 0 Å². The molecule has 0 saturated heterocycles. The number of carboxylic acid groups (broad SMARTS) is 1. The first-order valence-electron chi connectivity index (χ1n) is 7.71. The van der Waals surface area contributed by atoms with E-state index >= 15 is 0 Å². The third-order valence-electron chi connectivity index (χ3n) is 4.98. The molecule has 3 rings (SSSR count). The average Bonchev–Trinajstić information content (AvgIpc) is 3.21. The molecule has 1 aromatic carbocycles. The molecule has 2 aliphatic carbocycles. The van der Waals surface area contributed by atoms with E-state index in [1.807, 2.05) is 6.07 Å². The molecule has 3 atom stereocenters. The molecule has 3 unspecified atom stereocenters. The minimum Gasteiger partial charge on any atom is -0.481 e. The van der Waals surface area contributed by atoms with Crippen LogP contribution >= 0.6 is 0 Å². The molecule has 0 aliphatic heterocycles. The van der Waals surface area contributed by atoms with Gasteiger partial charge in [-0.2, -0.15) is 0 Å². The zero-order valence-electron chi connectivity index (χ0n) is 12.2. The smallest absolute Gasteiger partial charge is 0.310 e. The summed E-state index contributed by atoms with van der Waals surface area (Å²) in [4.78, 5) is 23.4. The number of hydrogen-bond acceptors (Lipinski definition) is 2. The molecular weight excluding hydrogens is 266 g/mol. The van der Waals surface area contributed by atoms with Gasteiger partial charge in [0, 0.05) is 11.6 Å². The molecular formula is C17H21NO3. The van der Waals surface area contributed by atoms with Gasteiger partial charge in [-0.05, 0) is 49.3 Å². The Kier molecular flexibility index (Phi) is 3.70. The van der Waals surface area contributed by atoms with Crippen LogP contribution in [0.25, 0.3) is 0 Å². The largest absolute Gasteiger partial charge is 0.481 e. The quantitative estimate of drug-likeness (QED) is 0.893. The highest BCUT2D eigenvalue weighted by Gasteiger charge is 2.54. The van der Waals surface area contributed by atoms with E-state index in [1.165, 1.54) is 25.7 Å². The van der Waals surface area contributed by atoms with Gasteiger partial charge in [-0.1, -0.05) is 25.0 Å². The first-order valence-corrected chi connectivity index (χ1v) is 7.71. The van der Waals surface area contributed by atoms with Crippen LogP contribution in [0.3, 0.4) is 0 Å². The van der Waals surface area contributed by atoms with Crippen molar-refractivity contribution < 1.29 is 14.7 Å². The van der Waals surface area contributed by atoms with Crippen LogP contribution in [0.5, 0.6) is 0 Å². The van der Waals surface area contributed by atoms with Crippen LogP contribution in [-0.2, 0) is 9.59 Å². The fourth-order valence-electron chi connectivity index (χ4n) is 3.64. The lowest BCUT2D eigenvalue weighted by Gasteiger charge is -2.10. The molecule has 2 aliphatic rings.